The summed E-state index contributed by atoms with van der Waals surface area (Å²) in [5.41, 5.74) is 1.86. The Morgan fingerprint density at radius 1 is 1.22 bits per heavy atom. The molecule has 3 aromatic rings. The molecule has 2 saturated heterocycles. The van der Waals surface area contributed by atoms with Gasteiger partial charge >= 0.3 is 6.09 Å². The Bertz CT molecular complexity index is 1590. The second-order valence-electron chi connectivity index (χ2n) is 10.9. The standard InChI is InChI=1S/C26H28ClN11O3/c1-26(12-41-13-26)35-19-11-37(5-4-17(19)33-25(39)40)20-7-14(8-28)6-18(21(20)27)32-24-34-22(31-15-2-3-15)23-30-10-16(9-29)38(23)36-24/h6-7,10,15,17,19,33,35H,2-5,11-13H2,1H3,(H,39,40)(H2,31,32,34,36)/t17-,19+/m0/s1. The van der Waals surface area contributed by atoms with E-state index in [1.54, 1.807) is 12.1 Å². The highest BCUT2D eigenvalue weighted by atomic mass is 35.5. The highest BCUT2D eigenvalue weighted by Crippen LogP contribution is 2.38. The fraction of sp³-hybridized carbons (Fsp3) is 0.462. The van der Waals surface area contributed by atoms with Crippen LogP contribution in [0.4, 0.5) is 27.9 Å². The average Bonchev–Trinajstić information content (AvgIpc) is 3.65. The molecule has 3 fully saturated rings. The zero-order valence-electron chi connectivity index (χ0n) is 22.2. The number of amides is 1. The molecular weight excluding hydrogens is 550 g/mol. The smallest absolute Gasteiger partial charge is 0.404 e. The predicted octanol–water partition coefficient (Wildman–Crippen LogP) is 2.43. The molecule has 41 heavy (non-hydrogen) atoms. The van der Waals surface area contributed by atoms with E-state index in [1.807, 2.05) is 11.8 Å². The first kappa shape index (κ1) is 26.8. The number of nitrogens with one attached hydrogen (secondary N) is 4. The molecule has 0 spiro atoms. The minimum absolute atomic E-state index is 0.180. The number of hydrogen-bond acceptors (Lipinski definition) is 11. The Morgan fingerprint density at radius 3 is 2.68 bits per heavy atom. The summed E-state index contributed by atoms with van der Waals surface area (Å²) in [7, 11) is 0. The summed E-state index contributed by atoms with van der Waals surface area (Å²) < 4.78 is 6.80. The zero-order chi connectivity index (χ0) is 28.7. The molecule has 0 unspecified atom stereocenters. The van der Waals surface area contributed by atoms with Crippen LogP contribution in [0.25, 0.3) is 5.65 Å². The Morgan fingerprint density at radius 2 is 2.02 bits per heavy atom. The first-order chi connectivity index (χ1) is 19.7. The Labute approximate surface area is 240 Å². The van der Waals surface area contributed by atoms with Gasteiger partial charge in [0.15, 0.2) is 17.2 Å². The van der Waals surface area contributed by atoms with Gasteiger partial charge in [-0.3, -0.25) is 0 Å². The van der Waals surface area contributed by atoms with Gasteiger partial charge in [-0.25, -0.2) is 9.78 Å². The molecule has 212 valence electrons. The third kappa shape index (κ3) is 5.50. The van der Waals surface area contributed by atoms with Crippen LogP contribution < -0.4 is 26.2 Å². The van der Waals surface area contributed by atoms with Gasteiger partial charge < -0.3 is 36.0 Å². The molecule has 2 aromatic heterocycles. The fourth-order valence-corrected chi connectivity index (χ4v) is 5.51. The molecule has 0 bridgehead atoms. The Kier molecular flexibility index (Phi) is 6.91. The molecule has 5 N–H and O–H groups in total. The topological polar surface area (TPSA) is 189 Å². The number of nitrogens with zero attached hydrogens (tertiary/aromatic N) is 7. The monoisotopic (exact) mass is 577 g/mol. The quantitative estimate of drug-likeness (QED) is 0.263. The van der Waals surface area contributed by atoms with Gasteiger partial charge in [-0.05, 0) is 38.3 Å². The number of aromatic nitrogens is 4. The van der Waals surface area contributed by atoms with Crippen LogP contribution in [0.5, 0.6) is 0 Å². The molecule has 15 heteroatoms. The summed E-state index contributed by atoms with van der Waals surface area (Å²) in [6.07, 6.45) is 2.93. The van der Waals surface area contributed by atoms with Gasteiger partial charge in [0.25, 0.3) is 0 Å². The van der Waals surface area contributed by atoms with Crippen molar-refractivity contribution in [1.29, 1.82) is 10.5 Å². The van der Waals surface area contributed by atoms with E-state index in [9.17, 15) is 20.4 Å². The van der Waals surface area contributed by atoms with Crippen LogP contribution in [0.1, 0.15) is 37.4 Å². The minimum atomic E-state index is -1.08. The largest absolute Gasteiger partial charge is 0.465 e. The molecule has 0 radical (unpaired) electrons. The third-order valence-corrected chi connectivity index (χ3v) is 7.86. The van der Waals surface area contributed by atoms with Crippen LogP contribution in [0.15, 0.2) is 18.3 Å². The lowest BCUT2D eigenvalue weighted by molar-refractivity contribution is -0.0713. The SMILES string of the molecule is CC1(N[C@@H]2CN(c3cc(C#N)cc(Nc4nc(NC5CC5)c5ncc(C#N)n5n4)c3Cl)CC[C@@H]2NC(=O)O)COC1. The van der Waals surface area contributed by atoms with Crippen molar-refractivity contribution < 1.29 is 14.6 Å². The summed E-state index contributed by atoms with van der Waals surface area (Å²) in [4.78, 5) is 22.4. The van der Waals surface area contributed by atoms with Crippen molar-refractivity contribution in [1.82, 2.24) is 30.2 Å². The van der Waals surface area contributed by atoms with Gasteiger partial charge in [0.1, 0.15) is 6.07 Å². The normalized spacial score (nSPS) is 21.4. The van der Waals surface area contributed by atoms with Gasteiger partial charge in [0, 0.05) is 25.2 Å². The van der Waals surface area contributed by atoms with E-state index in [-0.39, 0.29) is 35.3 Å². The third-order valence-electron chi connectivity index (χ3n) is 7.46. The number of anilines is 4. The zero-order valence-corrected chi connectivity index (χ0v) is 22.9. The number of rotatable bonds is 8. The predicted molar refractivity (Wildman–Crippen MR) is 150 cm³/mol. The number of piperidine rings is 1. The minimum Gasteiger partial charge on any atom is -0.465 e. The number of carboxylic acid groups (broad SMARTS) is 1. The van der Waals surface area contributed by atoms with Gasteiger partial charge in [-0.1, -0.05) is 11.6 Å². The van der Waals surface area contributed by atoms with Crippen molar-refractivity contribution in [3.63, 3.8) is 0 Å². The number of ether oxygens (including phenoxy) is 1. The van der Waals surface area contributed by atoms with Crippen molar-refractivity contribution in [3.05, 3.63) is 34.6 Å². The number of fused-ring (bicyclic) bond motifs is 1. The van der Waals surface area contributed by atoms with Crippen LogP contribution in [0.2, 0.25) is 5.02 Å². The maximum atomic E-state index is 11.5. The fourth-order valence-electron chi connectivity index (χ4n) is 5.23. The molecule has 1 amide bonds. The Hall–Kier alpha value is -4.37. The summed E-state index contributed by atoms with van der Waals surface area (Å²) in [6, 6.07) is 7.37. The van der Waals surface area contributed by atoms with Crippen molar-refractivity contribution in [2.45, 2.75) is 49.9 Å². The number of carbonyl (C=O) groups is 1. The molecule has 2 atom stereocenters. The van der Waals surface area contributed by atoms with Crippen molar-refractivity contribution >= 4 is 46.5 Å². The van der Waals surface area contributed by atoms with Gasteiger partial charge in [0.2, 0.25) is 5.95 Å². The van der Waals surface area contributed by atoms with Crippen LogP contribution in [0.3, 0.4) is 0 Å². The number of hydrogen-bond donors (Lipinski definition) is 5. The molecule has 1 aliphatic carbocycles. The van der Waals surface area contributed by atoms with Gasteiger partial charge in [-0.15, -0.1) is 5.10 Å². The highest BCUT2D eigenvalue weighted by Gasteiger charge is 2.40. The van der Waals surface area contributed by atoms with E-state index in [0.717, 1.165) is 12.8 Å². The first-order valence-corrected chi connectivity index (χ1v) is 13.7. The lowest BCUT2D eigenvalue weighted by atomic mass is 9.92. The number of halogens is 1. The van der Waals surface area contributed by atoms with E-state index in [1.165, 1.54) is 10.7 Å². The average molecular weight is 578 g/mol. The first-order valence-electron chi connectivity index (χ1n) is 13.3. The molecule has 6 rings (SSSR count). The van der Waals surface area contributed by atoms with E-state index in [2.05, 4.69) is 48.5 Å². The Balaban J connectivity index is 1.32. The molecular formula is C26H28ClN11O3. The highest BCUT2D eigenvalue weighted by molar-refractivity contribution is 6.36. The number of imidazole rings is 1. The lowest BCUT2D eigenvalue weighted by Gasteiger charge is -2.47. The number of benzene rings is 1. The van der Waals surface area contributed by atoms with E-state index < -0.39 is 6.09 Å². The summed E-state index contributed by atoms with van der Waals surface area (Å²) >= 11 is 6.94. The second-order valence-corrected chi connectivity index (χ2v) is 11.3. The van der Waals surface area contributed by atoms with E-state index >= 15 is 0 Å². The number of nitriles is 2. The molecule has 1 saturated carbocycles. The van der Waals surface area contributed by atoms with Crippen molar-refractivity contribution in [2.75, 3.05) is 41.8 Å². The summed E-state index contributed by atoms with van der Waals surface area (Å²) in [6.45, 7) is 4.08. The molecule has 4 heterocycles. The maximum Gasteiger partial charge on any atom is 0.404 e. The second kappa shape index (κ2) is 10.6. The van der Waals surface area contributed by atoms with Crippen LogP contribution in [0, 0.1) is 22.7 Å². The summed E-state index contributed by atoms with van der Waals surface area (Å²) in [5, 5.41) is 46.3. The van der Waals surface area contributed by atoms with E-state index in [0.29, 0.717) is 66.1 Å². The van der Waals surface area contributed by atoms with Gasteiger partial charge in [0.05, 0.1) is 59.0 Å². The molecule has 1 aromatic carbocycles. The van der Waals surface area contributed by atoms with Crippen LogP contribution in [-0.2, 0) is 4.74 Å². The maximum absolute atomic E-state index is 11.5. The lowest BCUT2D eigenvalue weighted by Crippen LogP contribution is -2.68. The van der Waals surface area contributed by atoms with Crippen LogP contribution >= 0.6 is 11.6 Å². The van der Waals surface area contributed by atoms with Crippen molar-refractivity contribution in [3.8, 4) is 12.1 Å². The van der Waals surface area contributed by atoms with Gasteiger partial charge in [-0.2, -0.15) is 20.0 Å². The van der Waals surface area contributed by atoms with Crippen molar-refractivity contribution in [2.24, 2.45) is 0 Å². The molecule has 14 nitrogen and oxygen atoms in total. The molecule has 2 aliphatic heterocycles. The molecule has 3 aliphatic rings. The van der Waals surface area contributed by atoms with Crippen LogP contribution in [-0.4, -0.2) is 80.7 Å². The summed E-state index contributed by atoms with van der Waals surface area (Å²) in [5.74, 6) is 0.676. The van der Waals surface area contributed by atoms with E-state index in [4.69, 9.17) is 16.3 Å².